The van der Waals surface area contributed by atoms with Crippen LogP contribution < -0.4 is 80.0 Å². The first-order valence-corrected chi connectivity index (χ1v) is 17.6. The zero-order chi connectivity index (χ0) is 32.2. The fourth-order valence-corrected chi connectivity index (χ4v) is 5.65. The minimum atomic E-state index is -5.93. The predicted molar refractivity (Wildman–Crippen MR) is 92.1 cm³/mol. The molecule has 0 aromatic heterocycles. The molecule has 0 saturated heterocycles. The van der Waals surface area contributed by atoms with Crippen LogP contribution in [0.2, 0.25) is 0 Å². The zero-order valence-corrected chi connectivity index (χ0v) is 49.2. The molecule has 24 nitrogen and oxygen atoms in total. The summed E-state index contributed by atoms with van der Waals surface area (Å²) < 4.78 is 58.8. The molecule has 0 amide bonds. The first-order chi connectivity index (χ1) is 16.1. The van der Waals surface area contributed by atoms with Crippen molar-refractivity contribution in [1.82, 2.24) is 0 Å². The number of phosphoric acid groups is 2. The second-order valence-corrected chi connectivity index (χ2v) is 15.7. The maximum Gasteiger partial charge on any atom is 2.00 e. The summed E-state index contributed by atoms with van der Waals surface area (Å²) in [6, 6.07) is 0. The first kappa shape index (κ1) is 78.9. The number of nitrogens with two attached hydrogens (primary N) is 2. The maximum atomic E-state index is 10.4. The molecule has 0 aliphatic carbocycles. The molecule has 37 heteroatoms. The molecule has 6 N–H and O–H groups in total. The van der Waals surface area contributed by atoms with Crippen molar-refractivity contribution in [1.29, 1.82) is 0 Å². The Bertz CT molecular complexity index is 854. The van der Waals surface area contributed by atoms with Crippen molar-refractivity contribution in [3.63, 3.8) is 0 Å². The van der Waals surface area contributed by atoms with Crippen LogP contribution in [0.5, 0.6) is 0 Å². The summed E-state index contributed by atoms with van der Waals surface area (Å²) in [7, 11) is -34.5. The molecule has 0 aromatic carbocycles. The van der Waals surface area contributed by atoms with Gasteiger partial charge in [-0.3, -0.25) is 0 Å². The molecule has 236 valence electrons. The van der Waals surface area contributed by atoms with Gasteiger partial charge in [0, 0.05) is 0 Å². The molecule has 0 radical (unpaired) electrons. The van der Waals surface area contributed by atoms with Crippen molar-refractivity contribution in [3.8, 4) is 0 Å². The normalized spacial score (nSPS) is 11.6. The molecular weight excluding hydrogens is 1120 g/mol. The van der Waals surface area contributed by atoms with Crippen molar-refractivity contribution in [2.75, 3.05) is 13.1 Å². The first-order valence-electron chi connectivity index (χ1n) is 8.52. The molecule has 0 bridgehead atoms. The van der Waals surface area contributed by atoms with E-state index in [1.54, 1.807) is 0 Å². The summed E-state index contributed by atoms with van der Waals surface area (Å²) in [6.45, 7) is -0.301. The Hall–Kier alpha value is 5.02. The third-order valence-corrected chi connectivity index (χ3v) is 10.5. The van der Waals surface area contributed by atoms with Gasteiger partial charge in [-0.2, -0.15) is 15.6 Å². The van der Waals surface area contributed by atoms with Gasteiger partial charge >= 0.3 is 136 Å². The van der Waals surface area contributed by atoms with E-state index < -0.39 is 69.0 Å². The van der Waals surface area contributed by atoms with Crippen LogP contribution in [0.25, 0.3) is 0 Å². The van der Waals surface area contributed by atoms with Gasteiger partial charge in [0.2, 0.25) is 0 Å². The van der Waals surface area contributed by atoms with Crippen molar-refractivity contribution in [2.24, 2.45) is 11.5 Å². The van der Waals surface area contributed by atoms with E-state index in [0.717, 1.165) is 0 Å². The van der Waals surface area contributed by atoms with Crippen molar-refractivity contribution in [2.45, 2.75) is 35.8 Å². The minimum Gasteiger partial charge on any atom is -0.822 e. The van der Waals surface area contributed by atoms with Gasteiger partial charge in [-0.15, -0.1) is 0 Å². The standard InChI is InChI=1S/2C4H13NO7P2.2H3O4P.7Zn/c2*5-3-1-2-4(6,13(7,8)9)14(10,11)12;2*1-5(2,3)4;;;;;;;/h2*6H,1-3,5H2,(H2,7,8,9)(H2,10,11,12);2*(H3,1,2,3,4);;;;;;;/q;;;;7*+2/p-14. The van der Waals surface area contributed by atoms with Crippen LogP contribution in [-0.2, 0) is 164 Å². The SMILES string of the molecule is NCCCC(O)(P(=O)([O-])[O-])P(=O)([O-])[O-].NCCCC(O)(P(=O)([O-])[O-])P(=O)([O-])[O-].O=P([O-])([O-])[O-].O=P([O-])([O-])[O-].[Zn+2].[Zn+2].[Zn+2].[Zn+2].[Zn+2].[Zn+2].[Zn+2]. The Balaban J connectivity index is -0.0000000392. The minimum absolute atomic E-state index is 0. The van der Waals surface area contributed by atoms with E-state index in [4.69, 9.17) is 60.2 Å². The van der Waals surface area contributed by atoms with E-state index in [-0.39, 0.29) is 162 Å². The molecule has 0 heterocycles. The molecule has 0 saturated carbocycles. The van der Waals surface area contributed by atoms with Crippen molar-refractivity contribution < 1.29 is 242 Å². The van der Waals surface area contributed by atoms with E-state index >= 15 is 0 Å². The van der Waals surface area contributed by atoms with Gasteiger partial charge in [-0.25, -0.2) is 0 Å². The predicted octanol–water partition coefficient (Wildman–Crippen LogP) is -13.3. The molecule has 0 aliphatic heterocycles. The molecule has 0 fully saturated rings. The molecule has 0 aromatic rings. The van der Waals surface area contributed by atoms with Crippen LogP contribution in [0.3, 0.4) is 0 Å². The Morgan fingerprint density at radius 2 is 0.511 bits per heavy atom. The van der Waals surface area contributed by atoms with E-state index in [1.807, 2.05) is 0 Å². The monoisotopic (exact) mass is 1130 g/mol. The van der Waals surface area contributed by atoms with E-state index in [2.05, 4.69) is 0 Å². The van der Waals surface area contributed by atoms with Gasteiger partial charge in [-0.1, -0.05) is 0 Å². The Morgan fingerprint density at radius 1 is 0.400 bits per heavy atom. The molecule has 0 unspecified atom stereocenters. The summed E-state index contributed by atoms with van der Waals surface area (Å²) >= 11 is 0. The average molecular weight is 1140 g/mol. The van der Waals surface area contributed by atoms with Gasteiger partial charge in [-0.05, 0) is 69.2 Å². The van der Waals surface area contributed by atoms with Crippen LogP contribution in [0, 0.1) is 0 Å². The second-order valence-electron chi connectivity index (χ2n) is 6.22. The molecule has 0 rings (SSSR count). The molecule has 45 heavy (non-hydrogen) atoms. The zero-order valence-electron chi connectivity index (χ0n) is 23.1. The Morgan fingerprint density at radius 3 is 0.578 bits per heavy atom. The van der Waals surface area contributed by atoms with Gasteiger partial charge in [0.05, 0.1) is 0 Å². The number of hydrogen-bond donors (Lipinski definition) is 4. The fourth-order valence-electron chi connectivity index (χ4n) is 1.53. The summed E-state index contributed by atoms with van der Waals surface area (Å²) in [5.41, 5.74) is 9.85. The van der Waals surface area contributed by atoms with E-state index in [0.29, 0.717) is 0 Å². The van der Waals surface area contributed by atoms with E-state index in [9.17, 15) is 57.4 Å². The Kier molecular flexibility index (Phi) is 56.9. The van der Waals surface area contributed by atoms with Crippen LogP contribution >= 0.6 is 46.0 Å². The van der Waals surface area contributed by atoms with Gasteiger partial charge in [0.25, 0.3) is 0 Å². The quantitative estimate of drug-likeness (QED) is 0.117. The molecule has 0 spiro atoms. The number of aliphatic hydroxyl groups is 2. The summed E-state index contributed by atoms with van der Waals surface area (Å²) in [5, 5.41) is 10.4. The Labute approximate surface area is 345 Å². The van der Waals surface area contributed by atoms with Crippen LogP contribution in [0.15, 0.2) is 0 Å². The number of rotatable bonds is 10. The maximum absolute atomic E-state index is 10.4. The van der Waals surface area contributed by atoms with Gasteiger partial charge in [0.15, 0.2) is 0 Å². The smallest absolute Gasteiger partial charge is 0.822 e. The number of hydrogen-bond acceptors (Lipinski definition) is 24. The van der Waals surface area contributed by atoms with Gasteiger partial charge < -0.3 is 118 Å². The second kappa shape index (κ2) is 32.5. The van der Waals surface area contributed by atoms with Crippen LogP contribution in [-0.4, -0.2) is 33.5 Å². The average Bonchev–Trinajstić information content (AvgIpc) is 2.58. The molecule has 0 atom stereocenters. The van der Waals surface area contributed by atoms with Gasteiger partial charge in [0.1, 0.15) is 10.2 Å². The van der Waals surface area contributed by atoms with Crippen LogP contribution in [0.4, 0.5) is 0 Å². The van der Waals surface area contributed by atoms with Crippen LogP contribution in [0.1, 0.15) is 25.7 Å². The third-order valence-electron chi connectivity index (χ3n) is 3.19. The molecular formula is C8H18N2O22P6Zn7. The summed E-state index contributed by atoms with van der Waals surface area (Å²) in [4.78, 5) is 135. The summed E-state index contributed by atoms with van der Waals surface area (Å²) in [6.07, 6.45) is -2.53. The third kappa shape index (κ3) is 41.6. The summed E-state index contributed by atoms with van der Waals surface area (Å²) in [5.74, 6) is 0. The topological polar surface area (TPSA) is 518 Å². The van der Waals surface area contributed by atoms with Crippen molar-refractivity contribution >= 4 is 46.0 Å². The van der Waals surface area contributed by atoms with E-state index in [1.165, 1.54) is 0 Å². The largest absolute Gasteiger partial charge is 2.00 e. The fraction of sp³-hybridized carbons (Fsp3) is 1.00. The van der Waals surface area contributed by atoms with Crippen molar-refractivity contribution in [3.05, 3.63) is 0 Å². The molecule has 0 aliphatic rings.